The first kappa shape index (κ1) is 22.1. The number of hydrogen-bond acceptors (Lipinski definition) is 5. The fourth-order valence-electron chi connectivity index (χ4n) is 3.57. The largest absolute Gasteiger partial charge is 0.496 e. The molecule has 0 bridgehead atoms. The van der Waals surface area contributed by atoms with E-state index in [1.807, 2.05) is 13.0 Å². The summed E-state index contributed by atoms with van der Waals surface area (Å²) in [6.07, 6.45) is 3.74. The molecule has 0 atom stereocenters. The van der Waals surface area contributed by atoms with Gasteiger partial charge >= 0.3 is 0 Å². The summed E-state index contributed by atoms with van der Waals surface area (Å²) in [7, 11) is -0.716. The number of nitrogens with one attached hydrogen (secondary N) is 1. The molecule has 0 unspecified atom stereocenters. The predicted molar refractivity (Wildman–Crippen MR) is 116 cm³/mol. The van der Waals surface area contributed by atoms with Gasteiger partial charge in [-0.3, -0.25) is 4.79 Å². The Morgan fingerprint density at radius 2 is 1.57 bits per heavy atom. The highest BCUT2D eigenvalue weighted by Gasteiger charge is 2.27. The van der Waals surface area contributed by atoms with E-state index >= 15 is 0 Å². The van der Waals surface area contributed by atoms with Crippen LogP contribution in [-0.2, 0) is 10.0 Å². The molecule has 7 nitrogen and oxygen atoms in total. The fraction of sp³-hybridized carbons (Fsp3) is 0.409. The van der Waals surface area contributed by atoms with E-state index in [1.165, 1.54) is 36.7 Å². The number of benzene rings is 2. The third-order valence-electron chi connectivity index (χ3n) is 5.22. The van der Waals surface area contributed by atoms with Crippen molar-refractivity contribution in [2.24, 2.45) is 0 Å². The van der Waals surface area contributed by atoms with Crippen molar-refractivity contribution >= 4 is 21.6 Å². The Balaban J connectivity index is 1.95. The Morgan fingerprint density at radius 1 is 0.933 bits per heavy atom. The number of methoxy groups -OCH3 is 2. The van der Waals surface area contributed by atoms with E-state index in [0.717, 1.165) is 31.2 Å². The molecule has 0 aliphatic carbocycles. The minimum absolute atomic E-state index is 0.0894. The Morgan fingerprint density at radius 3 is 2.20 bits per heavy atom. The van der Waals surface area contributed by atoms with Gasteiger partial charge in [-0.15, -0.1) is 0 Å². The fourth-order valence-corrected chi connectivity index (χ4v) is 5.11. The van der Waals surface area contributed by atoms with Gasteiger partial charge in [0.25, 0.3) is 5.91 Å². The lowest BCUT2D eigenvalue weighted by molar-refractivity contribution is 0.102. The van der Waals surface area contributed by atoms with Crippen LogP contribution in [0.15, 0.2) is 41.3 Å². The topological polar surface area (TPSA) is 84.9 Å². The molecule has 0 saturated carbocycles. The minimum atomic E-state index is -3.69. The molecule has 2 aromatic carbocycles. The average Bonchev–Trinajstić information content (AvgIpc) is 3.03. The Hall–Kier alpha value is -2.58. The zero-order valence-electron chi connectivity index (χ0n) is 17.6. The van der Waals surface area contributed by atoms with Crippen molar-refractivity contribution in [2.75, 3.05) is 32.6 Å². The van der Waals surface area contributed by atoms with Crippen molar-refractivity contribution in [3.63, 3.8) is 0 Å². The summed E-state index contributed by atoms with van der Waals surface area (Å²) in [4.78, 5) is 13.1. The van der Waals surface area contributed by atoms with Gasteiger partial charge in [-0.25, -0.2) is 8.42 Å². The molecule has 2 aromatic rings. The van der Waals surface area contributed by atoms with Crippen LogP contribution in [0.5, 0.6) is 11.5 Å². The van der Waals surface area contributed by atoms with Gasteiger partial charge in [-0.1, -0.05) is 18.9 Å². The Labute approximate surface area is 178 Å². The van der Waals surface area contributed by atoms with Crippen LogP contribution in [0, 0.1) is 6.92 Å². The summed E-state index contributed by atoms with van der Waals surface area (Å²) in [5, 5.41) is 2.81. The number of aryl methyl sites for hydroxylation is 1. The highest BCUT2D eigenvalue weighted by atomic mass is 32.2. The van der Waals surface area contributed by atoms with E-state index in [1.54, 1.807) is 12.1 Å². The molecule has 1 N–H and O–H groups in total. The number of nitrogens with zero attached hydrogens (tertiary/aromatic N) is 1. The highest BCUT2D eigenvalue weighted by Crippen LogP contribution is 2.29. The van der Waals surface area contributed by atoms with Crippen molar-refractivity contribution < 1.29 is 22.7 Å². The third-order valence-corrected chi connectivity index (χ3v) is 7.12. The van der Waals surface area contributed by atoms with Crippen LogP contribution in [-0.4, -0.2) is 45.9 Å². The van der Waals surface area contributed by atoms with Crippen molar-refractivity contribution in [2.45, 2.75) is 37.5 Å². The lowest BCUT2D eigenvalue weighted by Crippen LogP contribution is -2.32. The first-order chi connectivity index (χ1) is 14.4. The molecule has 3 rings (SSSR count). The first-order valence-electron chi connectivity index (χ1n) is 10.0. The zero-order chi connectivity index (χ0) is 21.7. The zero-order valence-corrected chi connectivity index (χ0v) is 18.4. The van der Waals surface area contributed by atoms with Crippen LogP contribution in [0.3, 0.4) is 0 Å². The molecule has 1 fully saturated rings. The summed E-state index contributed by atoms with van der Waals surface area (Å²) in [6, 6.07) is 9.83. The van der Waals surface area contributed by atoms with Crippen LogP contribution >= 0.6 is 0 Å². The summed E-state index contributed by atoms with van der Waals surface area (Å²) in [6.45, 7) is 2.90. The van der Waals surface area contributed by atoms with Crippen LogP contribution in [0.4, 0.5) is 5.69 Å². The smallest absolute Gasteiger partial charge is 0.259 e. The Kier molecular flexibility index (Phi) is 6.99. The van der Waals surface area contributed by atoms with Crippen LogP contribution in [0.2, 0.25) is 0 Å². The summed E-state index contributed by atoms with van der Waals surface area (Å²) in [5.41, 5.74) is 1.61. The Bertz CT molecular complexity index is 1010. The molecule has 0 radical (unpaired) electrons. The monoisotopic (exact) mass is 432 g/mol. The SMILES string of the molecule is COc1ccc(C)cc1NC(=O)c1cc(S(=O)(=O)N2CCCCCC2)ccc1OC. The number of hydrogen-bond donors (Lipinski definition) is 1. The van der Waals surface area contributed by atoms with Gasteiger partial charge in [0.05, 0.1) is 30.4 Å². The standard InChI is InChI=1S/C22H28N2O5S/c1-16-8-10-21(29-3)19(14-16)23-22(25)18-15-17(9-11-20(18)28-2)30(26,27)24-12-6-4-5-7-13-24/h8-11,14-15H,4-7,12-13H2,1-3H3,(H,23,25). The van der Waals surface area contributed by atoms with E-state index in [0.29, 0.717) is 30.3 Å². The van der Waals surface area contributed by atoms with Crippen molar-refractivity contribution in [1.82, 2.24) is 4.31 Å². The summed E-state index contributed by atoms with van der Waals surface area (Å²) >= 11 is 0. The van der Waals surface area contributed by atoms with Crippen molar-refractivity contribution in [3.8, 4) is 11.5 Å². The lowest BCUT2D eigenvalue weighted by atomic mass is 10.1. The number of sulfonamides is 1. The molecule has 162 valence electrons. The maximum Gasteiger partial charge on any atom is 0.259 e. The van der Waals surface area contributed by atoms with Gasteiger partial charge in [0, 0.05) is 13.1 Å². The molecule has 1 saturated heterocycles. The molecular weight excluding hydrogens is 404 g/mol. The summed E-state index contributed by atoms with van der Waals surface area (Å²) in [5.74, 6) is 0.346. The van der Waals surface area contributed by atoms with Gasteiger partial charge in [0.2, 0.25) is 10.0 Å². The summed E-state index contributed by atoms with van der Waals surface area (Å²) < 4.78 is 38.4. The molecule has 1 aliphatic rings. The van der Waals surface area contributed by atoms with Crippen molar-refractivity contribution in [3.05, 3.63) is 47.5 Å². The van der Waals surface area contributed by atoms with Gasteiger partial charge < -0.3 is 14.8 Å². The van der Waals surface area contributed by atoms with Gasteiger partial charge in [-0.05, 0) is 55.7 Å². The molecule has 0 aromatic heterocycles. The number of ether oxygens (including phenoxy) is 2. The molecule has 30 heavy (non-hydrogen) atoms. The van der Waals surface area contributed by atoms with Crippen LogP contribution < -0.4 is 14.8 Å². The molecule has 8 heteroatoms. The maximum absolute atomic E-state index is 13.2. The first-order valence-corrected chi connectivity index (χ1v) is 11.4. The van der Waals surface area contributed by atoms with Crippen molar-refractivity contribution in [1.29, 1.82) is 0 Å². The van der Waals surface area contributed by atoms with Crippen LogP contribution in [0.25, 0.3) is 0 Å². The number of carbonyl (C=O) groups is 1. The van der Waals surface area contributed by atoms with E-state index in [-0.39, 0.29) is 10.5 Å². The number of amides is 1. The van der Waals surface area contributed by atoms with E-state index < -0.39 is 15.9 Å². The predicted octanol–water partition coefficient (Wildman–Crippen LogP) is 3.83. The second-order valence-electron chi connectivity index (χ2n) is 7.34. The number of anilines is 1. The number of carbonyl (C=O) groups excluding carboxylic acids is 1. The molecule has 0 spiro atoms. The lowest BCUT2D eigenvalue weighted by Gasteiger charge is -2.21. The van der Waals surface area contributed by atoms with Gasteiger partial charge in [0.1, 0.15) is 11.5 Å². The van der Waals surface area contributed by atoms with Crippen LogP contribution in [0.1, 0.15) is 41.6 Å². The molecule has 1 amide bonds. The maximum atomic E-state index is 13.2. The molecule has 1 heterocycles. The van der Waals surface area contributed by atoms with Gasteiger partial charge in [0.15, 0.2) is 0 Å². The quantitative estimate of drug-likeness (QED) is 0.750. The molecular formula is C22H28N2O5S. The minimum Gasteiger partial charge on any atom is -0.496 e. The second-order valence-corrected chi connectivity index (χ2v) is 9.28. The third kappa shape index (κ3) is 4.76. The average molecular weight is 433 g/mol. The highest BCUT2D eigenvalue weighted by molar-refractivity contribution is 7.89. The van der Waals surface area contributed by atoms with E-state index in [9.17, 15) is 13.2 Å². The molecule has 1 aliphatic heterocycles. The van der Waals surface area contributed by atoms with Gasteiger partial charge in [-0.2, -0.15) is 4.31 Å². The normalized spacial score (nSPS) is 15.3. The van der Waals surface area contributed by atoms with E-state index in [2.05, 4.69) is 5.32 Å². The number of rotatable bonds is 6. The van der Waals surface area contributed by atoms with E-state index in [4.69, 9.17) is 9.47 Å². The second kappa shape index (κ2) is 9.49.